The lowest BCUT2D eigenvalue weighted by molar-refractivity contribution is 0.206. The third-order valence-corrected chi connectivity index (χ3v) is 3.48. The van der Waals surface area contributed by atoms with Crippen LogP contribution in [0.5, 0.6) is 0 Å². The van der Waals surface area contributed by atoms with Crippen molar-refractivity contribution in [3.8, 4) is 0 Å². The molecule has 2 aromatic carbocycles. The third kappa shape index (κ3) is 1.98. The summed E-state index contributed by atoms with van der Waals surface area (Å²) in [5.74, 6) is 0. The lowest BCUT2D eigenvalue weighted by Gasteiger charge is -2.18. The summed E-state index contributed by atoms with van der Waals surface area (Å²) in [5, 5.41) is 12.3. The van der Waals surface area contributed by atoms with Crippen LogP contribution in [0, 0.1) is 0 Å². The largest absolute Gasteiger partial charge is 0.389 e. The van der Waals surface area contributed by atoms with Crippen molar-refractivity contribution < 1.29 is 5.11 Å². The zero-order chi connectivity index (χ0) is 11.7. The highest BCUT2D eigenvalue weighted by Crippen LogP contribution is 2.31. The smallest absolute Gasteiger partial charge is 0.0726 e. The van der Waals surface area contributed by atoms with Gasteiger partial charge in [0.05, 0.1) is 6.10 Å². The average molecular weight is 224 g/mol. The first-order chi connectivity index (χ1) is 8.34. The lowest BCUT2D eigenvalue weighted by Crippen LogP contribution is -2.08. The first kappa shape index (κ1) is 10.5. The molecule has 1 aliphatic carbocycles. The van der Waals surface area contributed by atoms with Crippen LogP contribution in [0.4, 0.5) is 0 Å². The van der Waals surface area contributed by atoms with E-state index in [9.17, 15) is 5.11 Å². The maximum Gasteiger partial charge on any atom is 0.0726 e. The van der Waals surface area contributed by atoms with E-state index in [1.54, 1.807) is 0 Å². The zero-order valence-corrected chi connectivity index (χ0v) is 9.76. The maximum atomic E-state index is 9.74. The van der Waals surface area contributed by atoms with E-state index in [0.29, 0.717) is 0 Å². The topological polar surface area (TPSA) is 20.2 Å². The predicted molar refractivity (Wildman–Crippen MR) is 71.8 cm³/mol. The van der Waals surface area contributed by atoms with Crippen LogP contribution in [0.15, 0.2) is 48.5 Å². The highest BCUT2D eigenvalue weighted by molar-refractivity contribution is 5.94. The maximum absolute atomic E-state index is 9.74. The van der Waals surface area contributed by atoms with E-state index >= 15 is 0 Å². The Bertz CT molecular complexity index is 563. The van der Waals surface area contributed by atoms with Crippen LogP contribution in [0.2, 0.25) is 0 Å². The standard InChI is InChI=1S/C16H16O/c17-14-8-3-7-13(11-14)16-10-4-6-12-5-1-2-9-15(12)16/h1-2,4-6,9-11,14,17H,3,7-8H2. The summed E-state index contributed by atoms with van der Waals surface area (Å²) in [6, 6.07) is 14.8. The Labute approximate surface area is 101 Å². The molecule has 86 valence electrons. The van der Waals surface area contributed by atoms with E-state index in [4.69, 9.17) is 0 Å². The highest BCUT2D eigenvalue weighted by atomic mass is 16.3. The first-order valence-corrected chi connectivity index (χ1v) is 6.21. The fourth-order valence-corrected chi connectivity index (χ4v) is 2.63. The normalized spacial score (nSPS) is 20.3. The molecule has 1 heteroatoms. The SMILES string of the molecule is OC1C=C(c2cccc3ccccc23)CCC1. The summed E-state index contributed by atoms with van der Waals surface area (Å²) in [6.07, 6.45) is 4.80. The monoisotopic (exact) mass is 224 g/mol. The molecule has 0 amide bonds. The van der Waals surface area contributed by atoms with E-state index in [1.807, 2.05) is 6.08 Å². The molecule has 0 fully saturated rings. The second-order valence-electron chi connectivity index (χ2n) is 4.68. The van der Waals surface area contributed by atoms with Crippen molar-refractivity contribution in [1.82, 2.24) is 0 Å². The van der Waals surface area contributed by atoms with Gasteiger partial charge in [-0.1, -0.05) is 48.5 Å². The van der Waals surface area contributed by atoms with Gasteiger partial charge in [0.15, 0.2) is 0 Å². The fourth-order valence-electron chi connectivity index (χ4n) is 2.63. The Morgan fingerprint density at radius 1 is 1.00 bits per heavy atom. The number of hydrogen-bond acceptors (Lipinski definition) is 1. The van der Waals surface area contributed by atoms with Crippen LogP contribution >= 0.6 is 0 Å². The van der Waals surface area contributed by atoms with Gasteiger partial charge in [-0.2, -0.15) is 0 Å². The first-order valence-electron chi connectivity index (χ1n) is 6.21. The molecule has 0 aromatic heterocycles. The Kier molecular flexibility index (Phi) is 2.69. The number of allylic oxidation sites excluding steroid dienone is 1. The molecule has 3 rings (SSSR count). The molecule has 1 nitrogen and oxygen atoms in total. The summed E-state index contributed by atoms with van der Waals surface area (Å²) in [4.78, 5) is 0. The molecule has 1 aliphatic rings. The van der Waals surface area contributed by atoms with E-state index in [1.165, 1.54) is 21.9 Å². The minimum Gasteiger partial charge on any atom is -0.389 e. The quantitative estimate of drug-likeness (QED) is 0.781. The van der Waals surface area contributed by atoms with Crippen LogP contribution < -0.4 is 0 Å². The van der Waals surface area contributed by atoms with Gasteiger partial charge in [-0.3, -0.25) is 0 Å². The summed E-state index contributed by atoms with van der Waals surface area (Å²) in [5.41, 5.74) is 2.57. The molecule has 1 atom stereocenters. The van der Waals surface area contributed by atoms with Crippen molar-refractivity contribution in [2.45, 2.75) is 25.4 Å². The number of hydrogen-bond donors (Lipinski definition) is 1. The molecule has 0 saturated carbocycles. The van der Waals surface area contributed by atoms with Gasteiger partial charge in [-0.25, -0.2) is 0 Å². The van der Waals surface area contributed by atoms with Crippen molar-refractivity contribution in [3.63, 3.8) is 0 Å². The van der Waals surface area contributed by atoms with Crippen LogP contribution in [-0.4, -0.2) is 11.2 Å². The van der Waals surface area contributed by atoms with Crippen molar-refractivity contribution in [1.29, 1.82) is 0 Å². The fraction of sp³-hybridized carbons (Fsp3) is 0.250. The molecule has 1 N–H and O–H groups in total. The Morgan fingerprint density at radius 2 is 1.82 bits per heavy atom. The highest BCUT2D eigenvalue weighted by Gasteiger charge is 2.13. The minimum atomic E-state index is -0.266. The lowest BCUT2D eigenvalue weighted by atomic mass is 9.89. The van der Waals surface area contributed by atoms with Crippen LogP contribution in [0.25, 0.3) is 16.3 Å². The summed E-state index contributed by atoms with van der Waals surface area (Å²) in [6.45, 7) is 0. The van der Waals surface area contributed by atoms with Gasteiger partial charge < -0.3 is 5.11 Å². The summed E-state index contributed by atoms with van der Waals surface area (Å²) >= 11 is 0. The average Bonchev–Trinajstić information content (AvgIpc) is 2.38. The van der Waals surface area contributed by atoms with E-state index in [0.717, 1.165) is 19.3 Å². The molecule has 0 bridgehead atoms. The molecule has 2 aromatic rings. The van der Waals surface area contributed by atoms with Crippen LogP contribution in [0.3, 0.4) is 0 Å². The number of benzene rings is 2. The molecule has 0 radical (unpaired) electrons. The van der Waals surface area contributed by atoms with E-state index in [-0.39, 0.29) is 6.10 Å². The van der Waals surface area contributed by atoms with Crippen molar-refractivity contribution in [2.75, 3.05) is 0 Å². The van der Waals surface area contributed by atoms with Gasteiger partial charge in [0.25, 0.3) is 0 Å². The van der Waals surface area contributed by atoms with E-state index < -0.39 is 0 Å². The summed E-state index contributed by atoms with van der Waals surface area (Å²) in [7, 11) is 0. The number of aliphatic hydroxyl groups excluding tert-OH is 1. The van der Waals surface area contributed by atoms with E-state index in [2.05, 4.69) is 42.5 Å². The second-order valence-corrected chi connectivity index (χ2v) is 4.68. The number of rotatable bonds is 1. The number of aliphatic hydroxyl groups is 1. The third-order valence-electron chi connectivity index (χ3n) is 3.48. The Hall–Kier alpha value is -1.60. The minimum absolute atomic E-state index is 0.266. The Balaban J connectivity index is 2.17. The predicted octanol–water partition coefficient (Wildman–Crippen LogP) is 3.77. The molecule has 0 heterocycles. The van der Waals surface area contributed by atoms with Gasteiger partial charge in [-0.05, 0) is 41.2 Å². The van der Waals surface area contributed by atoms with Crippen molar-refractivity contribution in [3.05, 3.63) is 54.1 Å². The number of fused-ring (bicyclic) bond motifs is 1. The molecule has 1 unspecified atom stereocenters. The molecular weight excluding hydrogens is 208 g/mol. The van der Waals surface area contributed by atoms with Gasteiger partial charge >= 0.3 is 0 Å². The molecule has 0 saturated heterocycles. The molecular formula is C16H16O. The Morgan fingerprint density at radius 3 is 2.71 bits per heavy atom. The van der Waals surface area contributed by atoms with Crippen molar-refractivity contribution >= 4 is 16.3 Å². The molecule has 0 spiro atoms. The van der Waals surface area contributed by atoms with Crippen molar-refractivity contribution in [2.24, 2.45) is 0 Å². The van der Waals surface area contributed by atoms with Crippen LogP contribution in [0.1, 0.15) is 24.8 Å². The second kappa shape index (κ2) is 4.34. The molecule has 17 heavy (non-hydrogen) atoms. The molecule has 0 aliphatic heterocycles. The van der Waals surface area contributed by atoms with Crippen LogP contribution in [-0.2, 0) is 0 Å². The van der Waals surface area contributed by atoms with Gasteiger partial charge in [0.2, 0.25) is 0 Å². The summed E-state index contributed by atoms with van der Waals surface area (Å²) < 4.78 is 0. The van der Waals surface area contributed by atoms with Gasteiger partial charge in [-0.15, -0.1) is 0 Å². The van der Waals surface area contributed by atoms with Gasteiger partial charge in [0, 0.05) is 0 Å². The zero-order valence-electron chi connectivity index (χ0n) is 9.76. The van der Waals surface area contributed by atoms with Gasteiger partial charge in [0.1, 0.15) is 0 Å².